The third kappa shape index (κ3) is 1.12. The highest BCUT2D eigenvalue weighted by atomic mass is 16.5. The summed E-state index contributed by atoms with van der Waals surface area (Å²) in [4.78, 5) is 0. The molecule has 1 nitrogen and oxygen atoms in total. The Labute approximate surface area is 49.7 Å². The lowest BCUT2D eigenvalue weighted by atomic mass is 10.2. The van der Waals surface area contributed by atoms with E-state index in [9.17, 15) is 0 Å². The van der Waals surface area contributed by atoms with Crippen LogP contribution in [0.5, 0.6) is 0 Å². The van der Waals surface area contributed by atoms with Gasteiger partial charge in [0, 0.05) is 6.42 Å². The highest BCUT2D eigenvalue weighted by Gasteiger charge is 1.99. The maximum atomic E-state index is 5.10. The molecule has 1 unspecified atom stereocenters. The summed E-state index contributed by atoms with van der Waals surface area (Å²) >= 11 is 0. The van der Waals surface area contributed by atoms with Crippen LogP contribution in [-0.2, 0) is 4.74 Å². The van der Waals surface area contributed by atoms with Crippen LogP contribution in [-0.4, -0.2) is 6.10 Å². The minimum atomic E-state index is 0.194. The highest BCUT2D eigenvalue weighted by Crippen LogP contribution is 2.03. The maximum absolute atomic E-state index is 5.10. The van der Waals surface area contributed by atoms with E-state index in [4.69, 9.17) is 4.74 Å². The molecular formula is C7H9O. The quantitative estimate of drug-likeness (QED) is 0.497. The summed E-state index contributed by atoms with van der Waals surface area (Å²) in [6, 6.07) is 0. The summed E-state index contributed by atoms with van der Waals surface area (Å²) in [6.07, 6.45) is 9.75. The van der Waals surface area contributed by atoms with E-state index in [1.165, 1.54) is 0 Å². The van der Waals surface area contributed by atoms with Crippen LogP contribution in [0.2, 0.25) is 0 Å². The molecule has 1 rings (SSSR count). The van der Waals surface area contributed by atoms with Crippen LogP contribution >= 0.6 is 0 Å². The normalized spacial score (nSPS) is 25.4. The van der Waals surface area contributed by atoms with Crippen LogP contribution in [0.1, 0.15) is 6.92 Å². The molecular weight excluding hydrogens is 100 g/mol. The molecule has 0 aromatic heterocycles. The Morgan fingerprint density at radius 3 is 2.75 bits per heavy atom. The Bertz CT molecular complexity index is 114. The fraction of sp³-hybridized carbons (Fsp3) is 0.286. The predicted octanol–water partition coefficient (Wildman–Crippen LogP) is 1.68. The second-order valence-electron chi connectivity index (χ2n) is 1.65. The van der Waals surface area contributed by atoms with Crippen molar-refractivity contribution < 1.29 is 4.74 Å². The van der Waals surface area contributed by atoms with Gasteiger partial charge < -0.3 is 4.74 Å². The van der Waals surface area contributed by atoms with Gasteiger partial charge in [-0.1, -0.05) is 13.0 Å². The van der Waals surface area contributed by atoms with Gasteiger partial charge in [-0.2, -0.15) is 0 Å². The van der Waals surface area contributed by atoms with Crippen molar-refractivity contribution in [1.82, 2.24) is 0 Å². The third-order valence-electron chi connectivity index (χ3n) is 1.05. The summed E-state index contributed by atoms with van der Waals surface area (Å²) in [7, 11) is 0. The van der Waals surface area contributed by atoms with Gasteiger partial charge in [-0.3, -0.25) is 0 Å². The largest absolute Gasteiger partial charge is 0.494 e. The fourth-order valence-corrected chi connectivity index (χ4v) is 0.590. The summed E-state index contributed by atoms with van der Waals surface area (Å²) in [6.45, 7) is 1.98. The molecule has 8 heavy (non-hydrogen) atoms. The van der Waals surface area contributed by atoms with Gasteiger partial charge in [-0.05, 0) is 12.2 Å². The lowest BCUT2D eigenvalue weighted by molar-refractivity contribution is 0.211. The van der Waals surface area contributed by atoms with Gasteiger partial charge in [0.05, 0.1) is 6.26 Å². The predicted molar refractivity (Wildman–Crippen MR) is 33.1 cm³/mol. The van der Waals surface area contributed by atoms with E-state index in [1.54, 1.807) is 6.26 Å². The first-order chi connectivity index (χ1) is 3.93. The van der Waals surface area contributed by atoms with Crippen molar-refractivity contribution in [3.63, 3.8) is 0 Å². The SMILES string of the molecule is C[CH]C1C=CC=CO1. The molecule has 0 aromatic carbocycles. The van der Waals surface area contributed by atoms with E-state index >= 15 is 0 Å². The van der Waals surface area contributed by atoms with E-state index in [0.29, 0.717) is 0 Å². The molecule has 43 valence electrons. The molecule has 0 fully saturated rings. The molecule has 0 aromatic rings. The minimum absolute atomic E-state index is 0.194. The first kappa shape index (κ1) is 5.42. The highest BCUT2D eigenvalue weighted by molar-refractivity contribution is 5.09. The van der Waals surface area contributed by atoms with Gasteiger partial charge in [0.25, 0.3) is 0 Å². The van der Waals surface area contributed by atoms with E-state index < -0.39 is 0 Å². The standard InChI is InChI=1S/C7H9O/c1-2-7-5-3-4-6-8-7/h2-7H,1H3. The Morgan fingerprint density at radius 2 is 2.38 bits per heavy atom. The molecule has 1 aliphatic rings. The van der Waals surface area contributed by atoms with Gasteiger partial charge in [-0.25, -0.2) is 0 Å². The summed E-state index contributed by atoms with van der Waals surface area (Å²) in [5.74, 6) is 0. The number of hydrogen-bond acceptors (Lipinski definition) is 1. The second-order valence-corrected chi connectivity index (χ2v) is 1.65. The number of rotatable bonds is 1. The van der Waals surface area contributed by atoms with Gasteiger partial charge in [0.1, 0.15) is 6.10 Å². The number of allylic oxidation sites excluding steroid dienone is 2. The van der Waals surface area contributed by atoms with Crippen molar-refractivity contribution in [2.24, 2.45) is 0 Å². The van der Waals surface area contributed by atoms with Crippen LogP contribution < -0.4 is 0 Å². The average molecular weight is 109 g/mol. The van der Waals surface area contributed by atoms with Crippen molar-refractivity contribution in [1.29, 1.82) is 0 Å². The molecule has 1 atom stereocenters. The Kier molecular flexibility index (Phi) is 1.73. The molecule has 0 amide bonds. The summed E-state index contributed by atoms with van der Waals surface area (Å²) in [5, 5.41) is 0. The molecule has 1 heteroatoms. The minimum Gasteiger partial charge on any atom is -0.494 e. The van der Waals surface area contributed by atoms with Gasteiger partial charge >= 0.3 is 0 Å². The van der Waals surface area contributed by atoms with Crippen molar-refractivity contribution >= 4 is 0 Å². The van der Waals surface area contributed by atoms with Crippen LogP contribution in [0.4, 0.5) is 0 Å². The van der Waals surface area contributed by atoms with Crippen LogP contribution in [0.3, 0.4) is 0 Å². The van der Waals surface area contributed by atoms with E-state index in [0.717, 1.165) is 0 Å². The van der Waals surface area contributed by atoms with Crippen molar-refractivity contribution in [3.05, 3.63) is 30.9 Å². The molecule has 0 N–H and O–H groups in total. The van der Waals surface area contributed by atoms with Gasteiger partial charge in [0.15, 0.2) is 0 Å². The molecule has 1 radical (unpaired) electrons. The Morgan fingerprint density at radius 1 is 1.50 bits per heavy atom. The first-order valence-corrected chi connectivity index (χ1v) is 2.72. The number of ether oxygens (including phenoxy) is 1. The topological polar surface area (TPSA) is 9.23 Å². The average Bonchev–Trinajstić information content (AvgIpc) is 1.90. The zero-order chi connectivity index (χ0) is 5.82. The summed E-state index contributed by atoms with van der Waals surface area (Å²) < 4.78 is 5.10. The lowest BCUT2D eigenvalue weighted by Gasteiger charge is -2.10. The van der Waals surface area contributed by atoms with Crippen LogP contribution in [0.25, 0.3) is 0 Å². The molecule has 1 heterocycles. The van der Waals surface area contributed by atoms with Crippen LogP contribution in [0, 0.1) is 6.42 Å². The van der Waals surface area contributed by atoms with E-state index in [1.807, 2.05) is 31.6 Å². The zero-order valence-electron chi connectivity index (χ0n) is 4.87. The third-order valence-corrected chi connectivity index (χ3v) is 1.05. The summed E-state index contributed by atoms with van der Waals surface area (Å²) in [5.41, 5.74) is 0. The molecule has 0 spiro atoms. The van der Waals surface area contributed by atoms with Gasteiger partial charge in [-0.15, -0.1) is 0 Å². The molecule has 0 aliphatic carbocycles. The molecule has 1 aliphatic heterocycles. The van der Waals surface area contributed by atoms with Gasteiger partial charge in [0.2, 0.25) is 0 Å². The first-order valence-electron chi connectivity index (χ1n) is 2.72. The monoisotopic (exact) mass is 109 g/mol. The Hall–Kier alpha value is -0.720. The van der Waals surface area contributed by atoms with Crippen molar-refractivity contribution in [2.75, 3.05) is 0 Å². The van der Waals surface area contributed by atoms with Crippen molar-refractivity contribution in [3.8, 4) is 0 Å². The number of hydrogen-bond donors (Lipinski definition) is 0. The van der Waals surface area contributed by atoms with Crippen molar-refractivity contribution in [2.45, 2.75) is 13.0 Å². The zero-order valence-corrected chi connectivity index (χ0v) is 4.87. The van der Waals surface area contributed by atoms with E-state index in [-0.39, 0.29) is 6.10 Å². The molecule has 0 saturated carbocycles. The fourth-order valence-electron chi connectivity index (χ4n) is 0.590. The second kappa shape index (κ2) is 2.55. The Balaban J connectivity index is 2.40. The van der Waals surface area contributed by atoms with E-state index in [2.05, 4.69) is 0 Å². The molecule has 0 bridgehead atoms. The van der Waals surface area contributed by atoms with Crippen LogP contribution in [0.15, 0.2) is 24.5 Å². The lowest BCUT2D eigenvalue weighted by Crippen LogP contribution is -2.05. The maximum Gasteiger partial charge on any atom is 0.119 e. The molecule has 0 saturated heterocycles. The smallest absolute Gasteiger partial charge is 0.119 e.